The Morgan fingerprint density at radius 2 is 1.61 bits per heavy atom. The van der Waals surface area contributed by atoms with Crippen molar-refractivity contribution in [2.75, 3.05) is 17.7 Å². The second kappa shape index (κ2) is 9.05. The molecule has 0 aromatic heterocycles. The van der Waals surface area contributed by atoms with Crippen molar-refractivity contribution < 1.29 is 22.7 Å². The molecule has 2 amide bonds. The molecule has 0 bridgehead atoms. The van der Waals surface area contributed by atoms with Crippen molar-refractivity contribution >= 4 is 44.8 Å². The van der Waals surface area contributed by atoms with Gasteiger partial charge in [-0.3, -0.25) is 9.59 Å². The van der Waals surface area contributed by atoms with Gasteiger partial charge in [-0.2, -0.15) is 4.72 Å². The quantitative estimate of drug-likeness (QED) is 0.631. The molecule has 0 heterocycles. The van der Waals surface area contributed by atoms with Crippen LogP contribution in [0.25, 0.3) is 0 Å². The van der Waals surface area contributed by atoms with Crippen LogP contribution in [0.1, 0.15) is 13.8 Å². The van der Waals surface area contributed by atoms with Gasteiger partial charge < -0.3 is 15.4 Å². The Balaban J connectivity index is 2.04. The minimum atomic E-state index is -3.96. The molecule has 0 saturated carbocycles. The smallest absolute Gasteiger partial charge is 0.242 e. The first-order valence-corrected chi connectivity index (χ1v) is 10.0. The highest BCUT2D eigenvalue weighted by Crippen LogP contribution is 2.27. The number of nitrogens with one attached hydrogen (secondary N) is 3. The number of ether oxygens (including phenoxy) is 1. The van der Waals surface area contributed by atoms with Gasteiger partial charge in [0.15, 0.2) is 0 Å². The van der Waals surface area contributed by atoms with Gasteiger partial charge in [0.2, 0.25) is 21.8 Å². The number of hydrogen-bond donors (Lipinski definition) is 3. The Hall–Kier alpha value is -2.62. The topological polar surface area (TPSA) is 114 Å². The number of halogens is 1. The SMILES string of the molecule is COc1ccc(S(=O)(=O)N[C@H](C)C(=O)Nc2ccc(NC(C)=O)cc2)cc1Cl. The average Bonchev–Trinajstić information content (AvgIpc) is 2.62. The number of methoxy groups -OCH3 is 1. The van der Waals surface area contributed by atoms with Crippen molar-refractivity contribution in [2.45, 2.75) is 24.8 Å². The summed E-state index contributed by atoms with van der Waals surface area (Å²) in [7, 11) is -2.54. The van der Waals surface area contributed by atoms with E-state index in [2.05, 4.69) is 15.4 Å². The predicted octanol–water partition coefficient (Wildman–Crippen LogP) is 2.61. The van der Waals surface area contributed by atoms with Crippen LogP contribution in [-0.4, -0.2) is 33.4 Å². The number of benzene rings is 2. The maximum absolute atomic E-state index is 12.5. The molecular weight excluding hydrogens is 406 g/mol. The lowest BCUT2D eigenvalue weighted by molar-refractivity contribution is -0.117. The summed E-state index contributed by atoms with van der Waals surface area (Å²) < 4.78 is 32.2. The number of rotatable bonds is 7. The second-order valence-electron chi connectivity index (χ2n) is 5.89. The zero-order valence-electron chi connectivity index (χ0n) is 15.4. The Labute approximate surface area is 168 Å². The van der Waals surface area contributed by atoms with Crippen molar-refractivity contribution in [1.82, 2.24) is 4.72 Å². The Morgan fingerprint density at radius 1 is 1.04 bits per heavy atom. The van der Waals surface area contributed by atoms with Gasteiger partial charge in [-0.15, -0.1) is 0 Å². The molecular formula is C18H20ClN3O5S. The summed E-state index contributed by atoms with van der Waals surface area (Å²) in [4.78, 5) is 23.2. The average molecular weight is 426 g/mol. The lowest BCUT2D eigenvalue weighted by atomic mass is 10.2. The van der Waals surface area contributed by atoms with E-state index in [-0.39, 0.29) is 15.8 Å². The van der Waals surface area contributed by atoms with Gasteiger partial charge in [0.1, 0.15) is 5.75 Å². The fraction of sp³-hybridized carbons (Fsp3) is 0.222. The van der Waals surface area contributed by atoms with Crippen LogP contribution in [0.2, 0.25) is 5.02 Å². The molecule has 150 valence electrons. The molecule has 0 aliphatic heterocycles. The first-order chi connectivity index (χ1) is 13.1. The molecule has 2 aromatic rings. The number of amides is 2. The van der Waals surface area contributed by atoms with Crippen molar-refractivity contribution in [1.29, 1.82) is 0 Å². The lowest BCUT2D eigenvalue weighted by Crippen LogP contribution is -2.41. The standard InChI is InChI=1S/C18H20ClN3O5S/c1-11(18(24)21-14-6-4-13(5-7-14)20-12(2)23)22-28(25,26)15-8-9-17(27-3)16(19)10-15/h4-11,22H,1-3H3,(H,20,23)(H,21,24)/t11-/m1/s1. The molecule has 10 heteroatoms. The Morgan fingerprint density at radius 3 is 2.11 bits per heavy atom. The van der Waals surface area contributed by atoms with E-state index in [0.29, 0.717) is 17.1 Å². The van der Waals surface area contributed by atoms with E-state index in [9.17, 15) is 18.0 Å². The van der Waals surface area contributed by atoms with E-state index < -0.39 is 22.0 Å². The number of carbonyl (C=O) groups excluding carboxylic acids is 2. The van der Waals surface area contributed by atoms with E-state index in [1.165, 1.54) is 39.2 Å². The van der Waals surface area contributed by atoms with Gasteiger partial charge in [0.05, 0.1) is 23.1 Å². The molecule has 0 aliphatic rings. The molecule has 0 aliphatic carbocycles. The first-order valence-electron chi connectivity index (χ1n) is 8.17. The maximum Gasteiger partial charge on any atom is 0.242 e. The van der Waals surface area contributed by atoms with Gasteiger partial charge in [0.25, 0.3) is 0 Å². The van der Waals surface area contributed by atoms with Gasteiger partial charge in [-0.1, -0.05) is 11.6 Å². The number of sulfonamides is 1. The predicted molar refractivity (Wildman–Crippen MR) is 107 cm³/mol. The molecule has 0 saturated heterocycles. The van der Waals surface area contributed by atoms with Crippen LogP contribution in [0.15, 0.2) is 47.4 Å². The number of carbonyl (C=O) groups is 2. The molecule has 2 rings (SSSR count). The van der Waals surface area contributed by atoms with Crippen molar-refractivity contribution in [3.05, 3.63) is 47.5 Å². The summed E-state index contributed by atoms with van der Waals surface area (Å²) in [5.41, 5.74) is 1.04. The van der Waals surface area contributed by atoms with Crippen LogP contribution in [0.3, 0.4) is 0 Å². The molecule has 0 unspecified atom stereocenters. The molecule has 28 heavy (non-hydrogen) atoms. The van der Waals surface area contributed by atoms with Gasteiger partial charge in [-0.25, -0.2) is 8.42 Å². The van der Waals surface area contributed by atoms with Gasteiger partial charge >= 0.3 is 0 Å². The van der Waals surface area contributed by atoms with E-state index in [1.807, 2.05) is 0 Å². The van der Waals surface area contributed by atoms with E-state index >= 15 is 0 Å². The Bertz CT molecular complexity index is 977. The fourth-order valence-corrected chi connectivity index (χ4v) is 3.81. The lowest BCUT2D eigenvalue weighted by Gasteiger charge is -2.15. The highest BCUT2D eigenvalue weighted by atomic mass is 35.5. The zero-order valence-corrected chi connectivity index (χ0v) is 17.0. The van der Waals surface area contributed by atoms with Crippen molar-refractivity contribution in [2.24, 2.45) is 0 Å². The molecule has 2 aromatic carbocycles. The van der Waals surface area contributed by atoms with Crippen LogP contribution >= 0.6 is 11.6 Å². The molecule has 3 N–H and O–H groups in total. The third-order valence-electron chi connectivity index (χ3n) is 3.63. The van der Waals surface area contributed by atoms with Crippen LogP contribution < -0.4 is 20.1 Å². The fourth-order valence-electron chi connectivity index (χ4n) is 2.26. The Kier molecular flexibility index (Phi) is 7.00. The van der Waals surface area contributed by atoms with Crippen molar-refractivity contribution in [3.63, 3.8) is 0 Å². The summed E-state index contributed by atoms with van der Waals surface area (Å²) in [6.45, 7) is 2.81. The van der Waals surface area contributed by atoms with E-state index in [0.717, 1.165) is 0 Å². The summed E-state index contributed by atoms with van der Waals surface area (Å²) in [5.74, 6) is -0.414. The van der Waals surface area contributed by atoms with Gasteiger partial charge in [-0.05, 0) is 49.4 Å². The summed E-state index contributed by atoms with van der Waals surface area (Å²) in [6, 6.07) is 9.38. The van der Waals surface area contributed by atoms with Crippen LogP contribution in [0.5, 0.6) is 5.75 Å². The normalized spacial score (nSPS) is 12.1. The minimum absolute atomic E-state index is 0.0855. The van der Waals surface area contributed by atoms with Crippen molar-refractivity contribution in [3.8, 4) is 5.75 Å². The number of anilines is 2. The summed E-state index contributed by atoms with van der Waals surface area (Å²) >= 11 is 5.96. The monoisotopic (exact) mass is 425 g/mol. The van der Waals surface area contributed by atoms with Crippen LogP contribution in [0, 0.1) is 0 Å². The third-order valence-corrected chi connectivity index (χ3v) is 5.47. The third kappa shape index (κ3) is 5.69. The molecule has 1 atom stereocenters. The van der Waals surface area contributed by atoms with E-state index in [1.54, 1.807) is 24.3 Å². The summed E-state index contributed by atoms with van der Waals surface area (Å²) in [6.07, 6.45) is 0. The van der Waals surface area contributed by atoms with E-state index in [4.69, 9.17) is 16.3 Å². The molecule has 8 nitrogen and oxygen atoms in total. The first kappa shape index (κ1) is 21.7. The molecule has 0 fully saturated rings. The molecule has 0 radical (unpaired) electrons. The second-order valence-corrected chi connectivity index (χ2v) is 8.01. The largest absolute Gasteiger partial charge is 0.495 e. The minimum Gasteiger partial charge on any atom is -0.495 e. The van der Waals surface area contributed by atoms with Crippen LogP contribution in [-0.2, 0) is 19.6 Å². The zero-order chi connectivity index (χ0) is 20.9. The highest BCUT2D eigenvalue weighted by molar-refractivity contribution is 7.89. The maximum atomic E-state index is 12.5. The molecule has 0 spiro atoms. The van der Waals surface area contributed by atoms with Crippen LogP contribution in [0.4, 0.5) is 11.4 Å². The summed E-state index contributed by atoms with van der Waals surface area (Å²) in [5, 5.41) is 5.35. The van der Waals surface area contributed by atoms with Gasteiger partial charge in [0, 0.05) is 18.3 Å². The highest BCUT2D eigenvalue weighted by Gasteiger charge is 2.23. The number of hydrogen-bond acceptors (Lipinski definition) is 5.